The molecule has 1 heterocycles. The van der Waals surface area contributed by atoms with Crippen LogP contribution >= 0.6 is 0 Å². The van der Waals surface area contributed by atoms with Gasteiger partial charge in [-0.2, -0.15) is 0 Å². The first kappa shape index (κ1) is 18.7. The zero-order chi connectivity index (χ0) is 17.0. The van der Waals surface area contributed by atoms with E-state index in [9.17, 15) is 14.8 Å². The first-order valence-corrected chi connectivity index (χ1v) is 9.10. The summed E-state index contributed by atoms with van der Waals surface area (Å²) < 4.78 is 19.8. The maximum Gasteiger partial charge on any atom is 0.181 e. The van der Waals surface area contributed by atoms with Gasteiger partial charge in [0.25, 0.3) is 0 Å². The fourth-order valence-corrected chi connectivity index (χ4v) is 3.92. The second kappa shape index (κ2) is 7.96. The zero-order valence-corrected chi connectivity index (χ0v) is 14.8. The van der Waals surface area contributed by atoms with Crippen LogP contribution in [0.5, 0.6) is 0 Å². The molecule has 6 heteroatoms. The molecule has 0 saturated carbocycles. The van der Waals surface area contributed by atoms with Crippen LogP contribution < -0.4 is 0 Å². The summed E-state index contributed by atoms with van der Waals surface area (Å²) in [5, 5.41) is 19.2. The maximum absolute atomic E-state index is 12.9. The molecule has 0 amide bonds. The van der Waals surface area contributed by atoms with E-state index in [4.69, 9.17) is 4.74 Å². The minimum absolute atomic E-state index is 0.233. The van der Waals surface area contributed by atoms with Crippen molar-refractivity contribution in [2.24, 2.45) is 0 Å². The van der Waals surface area contributed by atoms with Gasteiger partial charge in [-0.15, -0.1) is 4.31 Å². The lowest BCUT2D eigenvalue weighted by molar-refractivity contribution is -0.216. The van der Waals surface area contributed by atoms with Crippen LogP contribution in [-0.2, 0) is 22.6 Å². The summed E-state index contributed by atoms with van der Waals surface area (Å²) in [4.78, 5) is 0. The van der Waals surface area contributed by atoms with Crippen LogP contribution in [0.3, 0.4) is 0 Å². The van der Waals surface area contributed by atoms with Crippen molar-refractivity contribution in [3.8, 4) is 0 Å². The lowest BCUT2D eigenvalue weighted by Crippen LogP contribution is -2.49. The number of ether oxygens (including phenoxy) is 1. The highest BCUT2D eigenvalue weighted by Gasteiger charge is 2.37. The second-order valence-corrected chi connectivity index (χ2v) is 9.20. The molecule has 0 radical (unpaired) electrons. The number of nitrogens with zero attached hydrogens (tertiary/aromatic N) is 1. The van der Waals surface area contributed by atoms with Gasteiger partial charge in [0.05, 0.1) is 19.2 Å². The molecule has 2 N–H and O–H groups in total. The van der Waals surface area contributed by atoms with E-state index in [1.807, 2.05) is 55.4 Å². The molecule has 4 atom stereocenters. The van der Waals surface area contributed by atoms with Crippen LogP contribution in [0.25, 0.3) is 0 Å². The van der Waals surface area contributed by atoms with Crippen molar-refractivity contribution in [1.29, 1.82) is 0 Å². The summed E-state index contributed by atoms with van der Waals surface area (Å²) in [6, 6.07) is 9.90. The number of aliphatic hydroxyl groups is 2. The normalized spacial score (nSPS) is 27.2. The van der Waals surface area contributed by atoms with Crippen LogP contribution in [-0.4, -0.2) is 48.9 Å². The van der Waals surface area contributed by atoms with E-state index in [0.29, 0.717) is 25.9 Å². The van der Waals surface area contributed by atoms with E-state index in [1.54, 1.807) is 0 Å². The quantitative estimate of drug-likeness (QED) is 0.799. The molecule has 0 aliphatic carbocycles. The van der Waals surface area contributed by atoms with Gasteiger partial charge in [-0.25, -0.2) is 0 Å². The molecule has 1 fully saturated rings. The first-order chi connectivity index (χ1) is 10.8. The lowest BCUT2D eigenvalue weighted by Gasteiger charge is -2.37. The SMILES string of the molecule is CC(C)(C)[S+]([O-])N(Cc1ccccc1)C[C@@H]1CCC(O)C(O)O1. The van der Waals surface area contributed by atoms with E-state index in [0.717, 1.165) is 5.56 Å². The van der Waals surface area contributed by atoms with Crippen molar-refractivity contribution in [1.82, 2.24) is 4.31 Å². The highest BCUT2D eigenvalue weighted by atomic mass is 32.2. The molecule has 1 saturated heterocycles. The molecule has 23 heavy (non-hydrogen) atoms. The van der Waals surface area contributed by atoms with Gasteiger partial charge in [-0.3, -0.25) is 0 Å². The molecule has 0 aromatic heterocycles. The Morgan fingerprint density at radius 2 is 1.87 bits per heavy atom. The topological polar surface area (TPSA) is 76.0 Å². The molecule has 130 valence electrons. The molecule has 0 bridgehead atoms. The summed E-state index contributed by atoms with van der Waals surface area (Å²) in [5.41, 5.74) is 1.08. The highest BCUT2D eigenvalue weighted by Crippen LogP contribution is 2.26. The molecular formula is C17H27NO4S. The summed E-state index contributed by atoms with van der Waals surface area (Å²) in [6.45, 7) is 6.86. The molecule has 1 aromatic rings. The number of hydrogen-bond acceptors (Lipinski definition) is 5. The fourth-order valence-electron chi connectivity index (χ4n) is 2.58. The van der Waals surface area contributed by atoms with Crippen molar-refractivity contribution < 1.29 is 19.5 Å². The van der Waals surface area contributed by atoms with E-state index in [2.05, 4.69) is 0 Å². The summed E-state index contributed by atoms with van der Waals surface area (Å²) in [5.74, 6) is 0. The highest BCUT2D eigenvalue weighted by molar-refractivity contribution is 7.90. The third kappa shape index (κ3) is 5.45. The van der Waals surface area contributed by atoms with Gasteiger partial charge >= 0.3 is 0 Å². The third-order valence-electron chi connectivity index (χ3n) is 3.81. The number of benzene rings is 1. The Balaban J connectivity index is 2.07. The molecule has 5 nitrogen and oxygen atoms in total. The van der Waals surface area contributed by atoms with Crippen molar-refractivity contribution in [3.05, 3.63) is 35.9 Å². The minimum Gasteiger partial charge on any atom is -0.597 e. The Labute approximate surface area is 141 Å². The predicted octanol–water partition coefficient (Wildman–Crippen LogP) is 1.81. The van der Waals surface area contributed by atoms with Gasteiger partial charge in [0.1, 0.15) is 10.9 Å². The first-order valence-electron chi connectivity index (χ1n) is 8.00. The fraction of sp³-hybridized carbons (Fsp3) is 0.647. The number of hydrogen-bond donors (Lipinski definition) is 2. The second-order valence-electron chi connectivity index (χ2n) is 6.96. The monoisotopic (exact) mass is 341 g/mol. The minimum atomic E-state index is -1.19. The summed E-state index contributed by atoms with van der Waals surface area (Å²) in [7, 11) is 0. The van der Waals surface area contributed by atoms with E-state index >= 15 is 0 Å². The number of rotatable bonds is 5. The molecular weight excluding hydrogens is 314 g/mol. The van der Waals surface area contributed by atoms with E-state index in [1.165, 1.54) is 0 Å². The summed E-state index contributed by atoms with van der Waals surface area (Å²) >= 11 is -1.19. The van der Waals surface area contributed by atoms with Gasteiger partial charge in [0.15, 0.2) is 6.29 Å². The molecule has 0 spiro atoms. The average molecular weight is 341 g/mol. The standard InChI is InChI=1S/C17H27NO4S/c1-17(2,3)23(21)18(11-13-7-5-4-6-8-13)12-14-9-10-15(19)16(20)22-14/h4-8,14-16,19-20H,9-12H2,1-3H3/t14-,15?,16?,23?/m0/s1. The molecule has 1 aromatic carbocycles. The Hall–Kier alpha value is -0.630. The number of aliphatic hydroxyl groups excluding tert-OH is 2. The van der Waals surface area contributed by atoms with Crippen molar-refractivity contribution in [2.75, 3.05) is 6.54 Å². The average Bonchev–Trinajstić information content (AvgIpc) is 2.49. The molecule has 3 unspecified atom stereocenters. The van der Waals surface area contributed by atoms with Gasteiger partial charge < -0.3 is 19.5 Å². The van der Waals surface area contributed by atoms with Gasteiger partial charge in [-0.1, -0.05) is 30.3 Å². The third-order valence-corrected chi connectivity index (χ3v) is 5.61. The van der Waals surface area contributed by atoms with E-state index in [-0.39, 0.29) is 10.9 Å². The van der Waals surface area contributed by atoms with Crippen LogP contribution in [0.4, 0.5) is 0 Å². The molecule has 1 aliphatic heterocycles. The van der Waals surface area contributed by atoms with Crippen LogP contribution in [0.1, 0.15) is 39.2 Å². The van der Waals surface area contributed by atoms with Crippen LogP contribution in [0.15, 0.2) is 30.3 Å². The van der Waals surface area contributed by atoms with Gasteiger partial charge in [-0.05, 0) is 39.2 Å². The molecule has 2 rings (SSSR count). The van der Waals surface area contributed by atoms with Crippen molar-refractivity contribution >= 4 is 11.4 Å². The van der Waals surface area contributed by atoms with Crippen LogP contribution in [0, 0.1) is 0 Å². The largest absolute Gasteiger partial charge is 0.597 e. The zero-order valence-electron chi connectivity index (χ0n) is 14.0. The Morgan fingerprint density at radius 3 is 2.43 bits per heavy atom. The van der Waals surface area contributed by atoms with Crippen molar-refractivity contribution in [2.45, 2.75) is 63.4 Å². The summed E-state index contributed by atoms with van der Waals surface area (Å²) in [6.07, 6.45) is -1.08. The lowest BCUT2D eigenvalue weighted by atomic mass is 10.1. The predicted molar refractivity (Wildman–Crippen MR) is 90.9 cm³/mol. The smallest absolute Gasteiger partial charge is 0.181 e. The Bertz CT molecular complexity index is 479. The van der Waals surface area contributed by atoms with Crippen molar-refractivity contribution in [3.63, 3.8) is 0 Å². The maximum atomic E-state index is 12.9. The van der Waals surface area contributed by atoms with Crippen LogP contribution in [0.2, 0.25) is 0 Å². The Morgan fingerprint density at radius 1 is 1.22 bits per heavy atom. The van der Waals surface area contributed by atoms with Gasteiger partial charge in [0.2, 0.25) is 0 Å². The van der Waals surface area contributed by atoms with Gasteiger partial charge in [0, 0.05) is 11.4 Å². The molecule has 1 aliphatic rings. The van der Waals surface area contributed by atoms with E-state index < -0.39 is 23.8 Å². The Kier molecular flexibility index (Phi) is 6.48.